The van der Waals surface area contributed by atoms with Gasteiger partial charge in [-0.15, -0.1) is 0 Å². The molecule has 1 rings (SSSR count). The Kier molecular flexibility index (Phi) is 5.23. The highest BCUT2D eigenvalue weighted by Gasteiger charge is 2.26. The summed E-state index contributed by atoms with van der Waals surface area (Å²) in [6, 6.07) is 2.03. The molecule has 0 aliphatic carbocycles. The zero-order valence-corrected chi connectivity index (χ0v) is 9.69. The van der Waals surface area contributed by atoms with Crippen molar-refractivity contribution in [1.29, 1.82) is 5.26 Å². The van der Waals surface area contributed by atoms with Gasteiger partial charge in [0.25, 0.3) is 0 Å². The maximum Gasteiger partial charge on any atom is 0.225 e. The lowest BCUT2D eigenvalue weighted by atomic mass is 10.0. The number of carbonyl (C=O) groups is 1. The zero-order chi connectivity index (χ0) is 12.0. The summed E-state index contributed by atoms with van der Waals surface area (Å²) in [5, 5.41) is 8.74. The van der Waals surface area contributed by atoms with Gasteiger partial charge in [0, 0.05) is 12.5 Å². The number of nitrogens with zero attached hydrogens (tertiary/aromatic N) is 2. The third-order valence-electron chi connectivity index (χ3n) is 2.78. The van der Waals surface area contributed by atoms with Gasteiger partial charge in [-0.1, -0.05) is 6.92 Å². The summed E-state index contributed by atoms with van der Waals surface area (Å²) in [6.45, 7) is 3.95. The number of hydrogen-bond acceptors (Lipinski definition) is 4. The highest BCUT2D eigenvalue weighted by molar-refractivity contribution is 5.78. The Hall–Kier alpha value is -1.12. The SMILES string of the molecule is CC(CCCN)C(=O)N1CCOC(C#N)C1. The van der Waals surface area contributed by atoms with E-state index < -0.39 is 6.10 Å². The van der Waals surface area contributed by atoms with E-state index in [-0.39, 0.29) is 11.8 Å². The maximum atomic E-state index is 12.0. The maximum absolute atomic E-state index is 12.0. The lowest BCUT2D eigenvalue weighted by Crippen LogP contribution is -2.47. The van der Waals surface area contributed by atoms with Crippen molar-refractivity contribution in [3.05, 3.63) is 0 Å². The summed E-state index contributed by atoms with van der Waals surface area (Å²) in [5.74, 6) is 0.0954. The molecule has 0 saturated carbocycles. The standard InChI is InChI=1S/C11H19N3O2/c1-9(3-2-4-12)11(15)14-5-6-16-10(7-13)8-14/h9-10H,2-6,8,12H2,1H3. The normalized spacial score (nSPS) is 22.6. The van der Waals surface area contributed by atoms with E-state index in [9.17, 15) is 4.79 Å². The predicted octanol–water partition coefficient (Wildman–Crippen LogP) is 0.112. The number of nitrogens with two attached hydrogens (primary N) is 1. The largest absolute Gasteiger partial charge is 0.360 e. The second-order valence-corrected chi connectivity index (χ2v) is 4.10. The molecule has 5 heteroatoms. The molecule has 1 aliphatic heterocycles. The van der Waals surface area contributed by atoms with Crippen LogP contribution in [0.15, 0.2) is 0 Å². The summed E-state index contributed by atoms with van der Waals surface area (Å²) in [7, 11) is 0. The first-order chi connectivity index (χ1) is 7.69. The number of morpholine rings is 1. The van der Waals surface area contributed by atoms with Crippen molar-refractivity contribution in [2.75, 3.05) is 26.2 Å². The molecule has 1 amide bonds. The van der Waals surface area contributed by atoms with Crippen LogP contribution in [0.3, 0.4) is 0 Å². The van der Waals surface area contributed by atoms with Crippen molar-refractivity contribution in [3.63, 3.8) is 0 Å². The molecule has 1 aliphatic rings. The Morgan fingerprint density at radius 2 is 2.50 bits per heavy atom. The molecule has 1 heterocycles. The fraction of sp³-hybridized carbons (Fsp3) is 0.818. The van der Waals surface area contributed by atoms with E-state index >= 15 is 0 Å². The number of hydrogen-bond donors (Lipinski definition) is 1. The van der Waals surface area contributed by atoms with Gasteiger partial charge in [-0.2, -0.15) is 5.26 Å². The minimum Gasteiger partial charge on any atom is -0.360 e. The van der Waals surface area contributed by atoms with E-state index in [1.165, 1.54) is 0 Å². The first-order valence-electron chi connectivity index (χ1n) is 5.69. The summed E-state index contributed by atoms with van der Waals surface area (Å²) < 4.78 is 5.19. The molecule has 2 atom stereocenters. The van der Waals surface area contributed by atoms with E-state index in [2.05, 4.69) is 0 Å². The second-order valence-electron chi connectivity index (χ2n) is 4.10. The van der Waals surface area contributed by atoms with E-state index in [1.54, 1.807) is 4.90 Å². The van der Waals surface area contributed by atoms with E-state index in [0.717, 1.165) is 12.8 Å². The minimum absolute atomic E-state index is 0.0130. The molecule has 0 aromatic rings. The number of amides is 1. The highest BCUT2D eigenvalue weighted by atomic mass is 16.5. The molecule has 90 valence electrons. The number of carbonyl (C=O) groups excluding carboxylic acids is 1. The first-order valence-corrected chi connectivity index (χ1v) is 5.69. The average molecular weight is 225 g/mol. The Labute approximate surface area is 96.2 Å². The zero-order valence-electron chi connectivity index (χ0n) is 9.69. The molecule has 0 aromatic carbocycles. The van der Waals surface area contributed by atoms with Gasteiger partial charge in [0.15, 0.2) is 6.10 Å². The summed E-state index contributed by atoms with van der Waals surface area (Å²) in [4.78, 5) is 13.7. The molecule has 16 heavy (non-hydrogen) atoms. The quantitative estimate of drug-likeness (QED) is 0.736. The second kappa shape index (κ2) is 6.46. The Morgan fingerprint density at radius 3 is 3.12 bits per heavy atom. The topological polar surface area (TPSA) is 79.3 Å². The van der Waals surface area contributed by atoms with Crippen LogP contribution in [-0.2, 0) is 9.53 Å². The Morgan fingerprint density at radius 1 is 1.75 bits per heavy atom. The Bertz CT molecular complexity index is 275. The van der Waals surface area contributed by atoms with Gasteiger partial charge in [0.2, 0.25) is 5.91 Å². The third-order valence-corrected chi connectivity index (χ3v) is 2.78. The van der Waals surface area contributed by atoms with E-state index in [4.69, 9.17) is 15.7 Å². The third kappa shape index (κ3) is 3.47. The molecule has 1 fully saturated rings. The van der Waals surface area contributed by atoms with Gasteiger partial charge in [-0.05, 0) is 19.4 Å². The lowest BCUT2D eigenvalue weighted by Gasteiger charge is -2.31. The van der Waals surface area contributed by atoms with Crippen LogP contribution in [0.5, 0.6) is 0 Å². The monoisotopic (exact) mass is 225 g/mol. The molecular formula is C11H19N3O2. The number of ether oxygens (including phenoxy) is 1. The summed E-state index contributed by atoms with van der Waals surface area (Å²) in [6.07, 6.45) is 1.20. The molecule has 2 unspecified atom stereocenters. The van der Waals surface area contributed by atoms with Crippen molar-refractivity contribution in [1.82, 2.24) is 4.90 Å². The van der Waals surface area contributed by atoms with Gasteiger partial charge in [0.05, 0.1) is 19.2 Å². The van der Waals surface area contributed by atoms with Crippen molar-refractivity contribution in [2.45, 2.75) is 25.9 Å². The minimum atomic E-state index is -0.473. The molecule has 5 nitrogen and oxygen atoms in total. The van der Waals surface area contributed by atoms with Crippen LogP contribution in [0.1, 0.15) is 19.8 Å². The van der Waals surface area contributed by atoms with E-state index in [0.29, 0.717) is 26.2 Å². The molecule has 0 aromatic heterocycles. The van der Waals surface area contributed by atoms with Crippen molar-refractivity contribution in [2.24, 2.45) is 11.7 Å². The van der Waals surface area contributed by atoms with Gasteiger partial charge in [-0.25, -0.2) is 0 Å². The molecule has 2 N–H and O–H groups in total. The van der Waals surface area contributed by atoms with Crippen LogP contribution in [-0.4, -0.2) is 43.2 Å². The van der Waals surface area contributed by atoms with Gasteiger partial charge < -0.3 is 15.4 Å². The smallest absolute Gasteiger partial charge is 0.225 e. The molecule has 1 saturated heterocycles. The Balaban J connectivity index is 2.43. The average Bonchev–Trinajstić information content (AvgIpc) is 2.35. The summed E-state index contributed by atoms with van der Waals surface area (Å²) in [5.41, 5.74) is 5.41. The van der Waals surface area contributed by atoms with Crippen molar-refractivity contribution >= 4 is 5.91 Å². The van der Waals surface area contributed by atoms with Crippen molar-refractivity contribution < 1.29 is 9.53 Å². The molecular weight excluding hydrogens is 206 g/mol. The lowest BCUT2D eigenvalue weighted by molar-refractivity contribution is -0.141. The van der Waals surface area contributed by atoms with Crippen molar-refractivity contribution in [3.8, 4) is 6.07 Å². The fourth-order valence-electron chi connectivity index (χ4n) is 1.79. The number of nitriles is 1. The van der Waals surface area contributed by atoms with E-state index in [1.807, 2.05) is 13.0 Å². The van der Waals surface area contributed by atoms with Crippen LogP contribution in [0.25, 0.3) is 0 Å². The molecule has 0 bridgehead atoms. The number of rotatable bonds is 4. The van der Waals surface area contributed by atoms with Crippen LogP contribution in [0.4, 0.5) is 0 Å². The van der Waals surface area contributed by atoms with Crippen LogP contribution < -0.4 is 5.73 Å². The first kappa shape index (κ1) is 12.9. The summed E-state index contributed by atoms with van der Waals surface area (Å²) >= 11 is 0. The fourth-order valence-corrected chi connectivity index (χ4v) is 1.79. The van der Waals surface area contributed by atoms with Crippen LogP contribution in [0, 0.1) is 17.2 Å². The molecule has 0 radical (unpaired) electrons. The van der Waals surface area contributed by atoms with Crippen LogP contribution >= 0.6 is 0 Å². The highest BCUT2D eigenvalue weighted by Crippen LogP contribution is 2.13. The van der Waals surface area contributed by atoms with Gasteiger partial charge >= 0.3 is 0 Å². The van der Waals surface area contributed by atoms with Gasteiger partial charge in [0.1, 0.15) is 0 Å². The predicted molar refractivity (Wildman–Crippen MR) is 59.4 cm³/mol. The van der Waals surface area contributed by atoms with Gasteiger partial charge in [-0.3, -0.25) is 4.79 Å². The molecule has 0 spiro atoms. The van der Waals surface area contributed by atoms with Crippen LogP contribution in [0.2, 0.25) is 0 Å².